The molecule has 0 aliphatic rings. The van der Waals surface area contributed by atoms with Crippen LogP contribution in [0.15, 0.2) is 29.2 Å². The first-order valence-corrected chi connectivity index (χ1v) is 8.27. The molecule has 0 radical (unpaired) electrons. The van der Waals surface area contributed by atoms with E-state index < -0.39 is 5.60 Å². The van der Waals surface area contributed by atoms with Gasteiger partial charge in [-0.05, 0) is 46.2 Å². The summed E-state index contributed by atoms with van der Waals surface area (Å²) in [5.74, 6) is -0.500. The van der Waals surface area contributed by atoms with Gasteiger partial charge in [-0.1, -0.05) is 12.1 Å². The van der Waals surface area contributed by atoms with Gasteiger partial charge in [-0.15, -0.1) is 11.8 Å². The molecule has 122 valence electrons. The highest BCUT2D eigenvalue weighted by Gasteiger charge is 2.18. The van der Waals surface area contributed by atoms with Crippen molar-refractivity contribution in [2.45, 2.75) is 31.3 Å². The van der Waals surface area contributed by atoms with E-state index in [4.69, 9.17) is 4.74 Å². The van der Waals surface area contributed by atoms with Crippen LogP contribution in [0.2, 0.25) is 0 Å². The number of nitrogens with zero attached hydrogens (tertiary/aromatic N) is 1. The van der Waals surface area contributed by atoms with Crippen molar-refractivity contribution in [1.29, 1.82) is 0 Å². The Kier molecular flexibility index (Phi) is 6.90. The topological polar surface area (TPSA) is 58.6 Å². The molecule has 1 amide bonds. The summed E-state index contributed by atoms with van der Waals surface area (Å²) in [5.41, 5.74) is 0.267. The molecule has 0 spiro atoms. The van der Waals surface area contributed by atoms with E-state index in [9.17, 15) is 9.59 Å². The van der Waals surface area contributed by atoms with Gasteiger partial charge >= 0.3 is 5.97 Å². The number of rotatable bonds is 6. The van der Waals surface area contributed by atoms with E-state index in [2.05, 4.69) is 5.32 Å². The summed E-state index contributed by atoms with van der Waals surface area (Å²) in [6, 6.07) is 7.61. The van der Waals surface area contributed by atoms with E-state index in [-0.39, 0.29) is 25.0 Å². The zero-order valence-electron chi connectivity index (χ0n) is 13.8. The molecule has 0 saturated carbocycles. The van der Waals surface area contributed by atoms with Crippen LogP contribution in [0.1, 0.15) is 20.8 Å². The second-order valence-corrected chi connectivity index (χ2v) is 6.86. The summed E-state index contributed by atoms with van der Waals surface area (Å²) in [5, 5.41) is 2.86. The molecule has 0 aliphatic heterocycles. The van der Waals surface area contributed by atoms with Gasteiger partial charge in [0.2, 0.25) is 5.91 Å². The van der Waals surface area contributed by atoms with E-state index in [1.54, 1.807) is 23.7 Å². The average molecular weight is 324 g/mol. The van der Waals surface area contributed by atoms with Crippen molar-refractivity contribution < 1.29 is 14.3 Å². The Hall–Kier alpha value is -1.53. The van der Waals surface area contributed by atoms with Crippen LogP contribution in [0.3, 0.4) is 0 Å². The molecule has 0 bridgehead atoms. The lowest BCUT2D eigenvalue weighted by Crippen LogP contribution is -2.37. The first-order valence-electron chi connectivity index (χ1n) is 7.04. The summed E-state index contributed by atoms with van der Waals surface area (Å²) in [7, 11) is 1.71. The van der Waals surface area contributed by atoms with Crippen LogP contribution in [0.4, 0.5) is 5.69 Å². The minimum atomic E-state index is -0.516. The largest absolute Gasteiger partial charge is 0.459 e. The quantitative estimate of drug-likeness (QED) is 0.644. The predicted molar refractivity (Wildman–Crippen MR) is 90.2 cm³/mol. The standard InChI is InChI=1S/C16H24N2O3S/c1-16(2,3)21-15(20)11-18(4)10-14(19)17-12-8-6-7-9-13(12)22-5/h6-9H,10-11H2,1-5H3,(H,17,19). The van der Waals surface area contributed by atoms with E-state index >= 15 is 0 Å². The molecule has 0 aromatic heterocycles. The number of hydrogen-bond donors (Lipinski definition) is 1. The van der Waals surface area contributed by atoms with Crippen LogP contribution in [-0.4, -0.2) is 48.8 Å². The van der Waals surface area contributed by atoms with Crippen LogP contribution in [0.25, 0.3) is 0 Å². The Balaban J connectivity index is 2.49. The molecule has 5 nitrogen and oxygen atoms in total. The van der Waals surface area contributed by atoms with E-state index in [0.717, 1.165) is 10.6 Å². The maximum Gasteiger partial charge on any atom is 0.320 e. The molecule has 0 unspecified atom stereocenters. The molecule has 0 heterocycles. The van der Waals surface area contributed by atoms with Crippen LogP contribution >= 0.6 is 11.8 Å². The van der Waals surface area contributed by atoms with Crippen LogP contribution in [-0.2, 0) is 14.3 Å². The number of benzene rings is 1. The molecule has 1 aromatic carbocycles. The van der Waals surface area contributed by atoms with E-state index in [1.165, 1.54) is 0 Å². The van der Waals surface area contributed by atoms with Gasteiger partial charge in [-0.3, -0.25) is 14.5 Å². The smallest absolute Gasteiger partial charge is 0.320 e. The zero-order chi connectivity index (χ0) is 16.8. The third-order valence-corrected chi connectivity index (χ3v) is 3.41. The summed E-state index contributed by atoms with van der Waals surface area (Å²) >= 11 is 1.57. The van der Waals surface area contributed by atoms with Gasteiger partial charge in [0.25, 0.3) is 0 Å². The van der Waals surface area contributed by atoms with Gasteiger partial charge in [0, 0.05) is 4.90 Å². The van der Waals surface area contributed by atoms with Crippen molar-refractivity contribution in [3.05, 3.63) is 24.3 Å². The van der Waals surface area contributed by atoms with Crippen molar-refractivity contribution in [2.75, 3.05) is 31.7 Å². The molecule has 0 fully saturated rings. The summed E-state index contributed by atoms with van der Waals surface area (Å²) in [4.78, 5) is 26.4. The highest BCUT2D eigenvalue weighted by molar-refractivity contribution is 7.98. The van der Waals surface area contributed by atoms with Crippen molar-refractivity contribution in [3.63, 3.8) is 0 Å². The molecule has 0 atom stereocenters. The monoisotopic (exact) mass is 324 g/mol. The number of anilines is 1. The fourth-order valence-corrected chi connectivity index (χ4v) is 2.39. The van der Waals surface area contributed by atoms with Gasteiger partial charge in [0.15, 0.2) is 0 Å². The van der Waals surface area contributed by atoms with Gasteiger partial charge in [-0.2, -0.15) is 0 Å². The SMILES string of the molecule is CSc1ccccc1NC(=O)CN(C)CC(=O)OC(C)(C)C. The number of likely N-dealkylation sites (N-methyl/N-ethyl adjacent to an activating group) is 1. The van der Waals surface area contributed by atoms with Crippen molar-refractivity contribution >= 4 is 29.3 Å². The lowest BCUT2D eigenvalue weighted by atomic mass is 10.2. The van der Waals surface area contributed by atoms with Gasteiger partial charge in [-0.25, -0.2) is 0 Å². The normalized spacial score (nSPS) is 11.4. The molecule has 1 N–H and O–H groups in total. The summed E-state index contributed by atoms with van der Waals surface area (Å²) < 4.78 is 5.23. The first-order chi connectivity index (χ1) is 10.2. The number of ether oxygens (including phenoxy) is 1. The number of para-hydroxylation sites is 1. The molecule has 1 rings (SSSR count). The van der Waals surface area contributed by atoms with Crippen molar-refractivity contribution in [2.24, 2.45) is 0 Å². The maximum absolute atomic E-state index is 12.0. The first kappa shape index (κ1) is 18.5. The molecule has 6 heteroatoms. The highest BCUT2D eigenvalue weighted by atomic mass is 32.2. The Labute approximate surface area is 136 Å². The number of amides is 1. The van der Waals surface area contributed by atoms with Crippen LogP contribution < -0.4 is 5.32 Å². The van der Waals surface area contributed by atoms with Crippen LogP contribution in [0.5, 0.6) is 0 Å². The zero-order valence-corrected chi connectivity index (χ0v) is 14.6. The van der Waals surface area contributed by atoms with Gasteiger partial charge in [0.1, 0.15) is 5.60 Å². The van der Waals surface area contributed by atoms with Crippen molar-refractivity contribution in [3.8, 4) is 0 Å². The summed E-state index contributed by atoms with van der Waals surface area (Å²) in [6.07, 6.45) is 1.96. The minimum absolute atomic E-state index is 0.0782. The molecule has 22 heavy (non-hydrogen) atoms. The Morgan fingerprint density at radius 1 is 1.23 bits per heavy atom. The number of thioether (sulfide) groups is 1. The lowest BCUT2D eigenvalue weighted by Gasteiger charge is -2.22. The van der Waals surface area contributed by atoms with E-state index in [0.29, 0.717) is 0 Å². The molecular formula is C16H24N2O3S. The molecule has 0 saturated heterocycles. The second kappa shape index (κ2) is 8.19. The fraction of sp³-hybridized carbons (Fsp3) is 0.500. The van der Waals surface area contributed by atoms with Gasteiger partial charge in [0.05, 0.1) is 18.8 Å². The fourth-order valence-electron chi connectivity index (χ4n) is 1.83. The third-order valence-electron chi connectivity index (χ3n) is 2.61. The number of esters is 1. The Bertz CT molecular complexity index is 526. The Morgan fingerprint density at radius 3 is 2.45 bits per heavy atom. The number of carbonyl (C=O) groups excluding carboxylic acids is 2. The second-order valence-electron chi connectivity index (χ2n) is 6.01. The minimum Gasteiger partial charge on any atom is -0.459 e. The number of hydrogen-bond acceptors (Lipinski definition) is 5. The number of carbonyl (C=O) groups is 2. The third kappa shape index (κ3) is 6.95. The molecule has 0 aliphatic carbocycles. The maximum atomic E-state index is 12.0. The van der Waals surface area contributed by atoms with Crippen LogP contribution in [0, 0.1) is 0 Å². The Morgan fingerprint density at radius 2 is 1.86 bits per heavy atom. The van der Waals surface area contributed by atoms with Crippen molar-refractivity contribution in [1.82, 2.24) is 4.90 Å². The highest BCUT2D eigenvalue weighted by Crippen LogP contribution is 2.24. The molecular weight excluding hydrogens is 300 g/mol. The average Bonchev–Trinajstić information content (AvgIpc) is 2.36. The molecule has 1 aromatic rings. The summed E-state index contributed by atoms with van der Waals surface area (Å²) in [6.45, 7) is 5.65. The predicted octanol–water partition coefficient (Wildman–Crippen LogP) is 2.62. The number of nitrogens with one attached hydrogen (secondary N) is 1. The van der Waals surface area contributed by atoms with E-state index in [1.807, 2.05) is 51.3 Å². The lowest BCUT2D eigenvalue weighted by molar-refractivity contribution is -0.155. The van der Waals surface area contributed by atoms with Gasteiger partial charge < -0.3 is 10.1 Å².